The van der Waals surface area contributed by atoms with Gasteiger partial charge in [0.15, 0.2) is 0 Å². The quantitative estimate of drug-likeness (QED) is 0.266. The highest BCUT2D eigenvalue weighted by molar-refractivity contribution is 6.01. The van der Waals surface area contributed by atoms with Crippen LogP contribution in [-0.4, -0.2) is 24.2 Å². The maximum Gasteiger partial charge on any atom is 0.118 e. The lowest BCUT2D eigenvalue weighted by atomic mass is 9.93. The number of aryl methyl sites for hydroxylation is 2. The van der Waals surface area contributed by atoms with Gasteiger partial charge in [0.25, 0.3) is 0 Å². The van der Waals surface area contributed by atoms with E-state index < -0.39 is 0 Å². The van der Waals surface area contributed by atoms with Crippen molar-refractivity contribution in [3.05, 3.63) is 154 Å². The van der Waals surface area contributed by atoms with Crippen molar-refractivity contribution in [3.8, 4) is 11.5 Å². The fourth-order valence-corrected chi connectivity index (χ4v) is 5.73. The number of hydrazine groups is 2. The van der Waals surface area contributed by atoms with E-state index in [0.717, 1.165) is 67.7 Å². The van der Waals surface area contributed by atoms with E-state index in [2.05, 4.69) is 120 Å². The molecule has 42 heavy (non-hydrogen) atoms. The summed E-state index contributed by atoms with van der Waals surface area (Å²) in [5.41, 5.74) is 20.5. The Morgan fingerprint density at radius 2 is 0.762 bits per heavy atom. The molecule has 0 atom stereocenters. The number of hydrogen-bond acceptors (Lipinski definition) is 6. The van der Waals surface area contributed by atoms with Gasteiger partial charge in [-0.25, -0.2) is 0 Å². The van der Waals surface area contributed by atoms with Gasteiger partial charge in [-0.15, -0.1) is 0 Å². The first-order valence-electron chi connectivity index (χ1n) is 14.0. The molecular weight excluding hydrogens is 520 g/mol. The van der Waals surface area contributed by atoms with Crippen molar-refractivity contribution < 1.29 is 9.47 Å². The average Bonchev–Trinajstić information content (AvgIpc) is 3.66. The maximum atomic E-state index is 5.50. The van der Waals surface area contributed by atoms with Crippen LogP contribution in [0.1, 0.15) is 33.4 Å². The van der Waals surface area contributed by atoms with Gasteiger partial charge in [-0.2, -0.15) is 0 Å². The highest BCUT2D eigenvalue weighted by Gasteiger charge is 2.42. The van der Waals surface area contributed by atoms with Crippen LogP contribution in [0.4, 0.5) is 0 Å². The van der Waals surface area contributed by atoms with E-state index in [1.54, 1.807) is 14.2 Å². The average molecular weight is 553 g/mol. The number of benzene rings is 4. The highest BCUT2D eigenvalue weighted by Crippen LogP contribution is 2.50. The third kappa shape index (κ3) is 4.20. The Morgan fingerprint density at radius 3 is 1.10 bits per heavy atom. The van der Waals surface area contributed by atoms with Crippen LogP contribution in [-0.2, 0) is 0 Å². The summed E-state index contributed by atoms with van der Waals surface area (Å²) in [6.45, 7) is 4.23. The first-order chi connectivity index (χ1) is 20.6. The van der Waals surface area contributed by atoms with Crippen molar-refractivity contribution in [2.45, 2.75) is 13.8 Å². The number of allylic oxidation sites excluding steroid dienone is 2. The van der Waals surface area contributed by atoms with E-state index in [0.29, 0.717) is 0 Å². The normalized spacial score (nSPS) is 15.5. The molecule has 0 amide bonds. The Labute approximate surface area is 246 Å². The molecule has 6 heteroatoms. The van der Waals surface area contributed by atoms with E-state index in [1.807, 2.05) is 24.3 Å². The van der Waals surface area contributed by atoms with Crippen LogP contribution in [0.2, 0.25) is 0 Å². The van der Waals surface area contributed by atoms with Crippen LogP contribution in [0.15, 0.2) is 121 Å². The van der Waals surface area contributed by atoms with Gasteiger partial charge < -0.3 is 20.3 Å². The second kappa shape index (κ2) is 10.2. The van der Waals surface area contributed by atoms with Gasteiger partial charge in [0, 0.05) is 34.7 Å². The molecule has 3 aliphatic rings. The van der Waals surface area contributed by atoms with Crippen molar-refractivity contribution in [2.24, 2.45) is 0 Å². The Kier molecular flexibility index (Phi) is 6.24. The summed E-state index contributed by atoms with van der Waals surface area (Å²) in [6, 6.07) is 33.9. The molecule has 0 spiro atoms. The van der Waals surface area contributed by atoms with Crippen LogP contribution in [0.25, 0.3) is 22.5 Å². The molecule has 3 aliphatic heterocycles. The van der Waals surface area contributed by atoms with Crippen molar-refractivity contribution in [3.63, 3.8) is 0 Å². The second-order valence-corrected chi connectivity index (χ2v) is 10.6. The summed E-state index contributed by atoms with van der Waals surface area (Å²) in [6.07, 6.45) is 4.20. The molecule has 0 radical (unpaired) electrons. The molecule has 2 N–H and O–H groups in total. The van der Waals surface area contributed by atoms with Gasteiger partial charge in [0.05, 0.1) is 37.0 Å². The number of nitrogens with zero attached hydrogens (tertiary/aromatic N) is 2. The van der Waals surface area contributed by atoms with Crippen molar-refractivity contribution >= 4 is 22.5 Å². The minimum atomic E-state index is 0.818. The Morgan fingerprint density at radius 1 is 0.429 bits per heavy atom. The fourth-order valence-electron chi connectivity index (χ4n) is 5.73. The monoisotopic (exact) mass is 552 g/mol. The number of ether oxygens (including phenoxy) is 2. The molecule has 6 nitrogen and oxygen atoms in total. The summed E-state index contributed by atoms with van der Waals surface area (Å²) in [5, 5.41) is 4.44. The van der Waals surface area contributed by atoms with Crippen molar-refractivity contribution in [1.82, 2.24) is 20.9 Å². The van der Waals surface area contributed by atoms with Crippen LogP contribution in [0.3, 0.4) is 0 Å². The van der Waals surface area contributed by atoms with E-state index in [9.17, 15) is 0 Å². The molecule has 7 rings (SSSR count). The zero-order chi connectivity index (χ0) is 28.8. The van der Waals surface area contributed by atoms with Gasteiger partial charge in [-0.1, -0.05) is 59.7 Å². The molecule has 0 fully saturated rings. The largest absolute Gasteiger partial charge is 0.497 e. The number of fused-ring (bicyclic) bond motifs is 2. The number of methoxy groups -OCH3 is 2. The first kappa shape index (κ1) is 25.6. The van der Waals surface area contributed by atoms with Gasteiger partial charge in [0.2, 0.25) is 0 Å². The van der Waals surface area contributed by atoms with E-state index in [4.69, 9.17) is 9.47 Å². The lowest BCUT2D eigenvalue weighted by Crippen LogP contribution is -2.40. The molecule has 0 saturated heterocycles. The number of rotatable bonds is 6. The lowest BCUT2D eigenvalue weighted by Gasteiger charge is -2.39. The van der Waals surface area contributed by atoms with E-state index >= 15 is 0 Å². The molecule has 3 heterocycles. The molecule has 0 aliphatic carbocycles. The van der Waals surface area contributed by atoms with E-state index in [1.165, 1.54) is 11.1 Å². The fraction of sp³-hybridized carbons (Fsp3) is 0.111. The molecule has 0 saturated carbocycles. The third-order valence-electron chi connectivity index (χ3n) is 7.98. The predicted octanol–water partition coefficient (Wildman–Crippen LogP) is 7.09. The Hall–Kier alpha value is -5.36. The second-order valence-electron chi connectivity index (χ2n) is 10.6. The zero-order valence-corrected chi connectivity index (χ0v) is 24.1. The van der Waals surface area contributed by atoms with Crippen LogP contribution in [0.5, 0.6) is 11.5 Å². The van der Waals surface area contributed by atoms with Gasteiger partial charge in [-0.3, -0.25) is 10.0 Å². The summed E-state index contributed by atoms with van der Waals surface area (Å²) < 4.78 is 11.0. The maximum absolute atomic E-state index is 5.50. The molecule has 0 unspecified atom stereocenters. The van der Waals surface area contributed by atoms with Crippen LogP contribution < -0.4 is 20.3 Å². The molecule has 208 valence electrons. The molecule has 0 aromatic heterocycles. The minimum Gasteiger partial charge on any atom is -0.497 e. The number of hydrogen-bond donors (Lipinski definition) is 2. The standard InChI is InChI=1S/C36H32N4O2/c1-23-5-9-25(10-6-23)31-21-37-39-34(28-15-19-30(42-4)20-16-28)36-32(26-11-7-24(2)8-12-26)22-38-40(36)33(35(31)39)27-13-17-29(41-3)18-14-27/h5-22,37-38H,1-4H3. The molecule has 4 aromatic carbocycles. The summed E-state index contributed by atoms with van der Waals surface area (Å²) in [5.74, 6) is 1.64. The van der Waals surface area contributed by atoms with E-state index in [-0.39, 0.29) is 0 Å². The van der Waals surface area contributed by atoms with Crippen LogP contribution in [0, 0.1) is 13.8 Å². The minimum absolute atomic E-state index is 0.818. The zero-order valence-electron chi connectivity index (χ0n) is 24.1. The SMILES string of the molecule is COc1ccc(C2=C3C(c4ccc(C)cc4)=CNN3C(c3ccc(OC)cc3)=C3C(c4ccc(C)cc4)=CNN32)cc1. The van der Waals surface area contributed by atoms with Crippen LogP contribution >= 0.6 is 0 Å². The van der Waals surface area contributed by atoms with Crippen molar-refractivity contribution in [2.75, 3.05) is 14.2 Å². The summed E-state index contributed by atoms with van der Waals surface area (Å²) >= 11 is 0. The highest BCUT2D eigenvalue weighted by atomic mass is 16.5. The van der Waals surface area contributed by atoms with Gasteiger partial charge >= 0.3 is 0 Å². The molecule has 0 bridgehead atoms. The lowest BCUT2D eigenvalue weighted by molar-refractivity contribution is 0.379. The van der Waals surface area contributed by atoms with Gasteiger partial charge in [-0.05, 0) is 73.5 Å². The first-order valence-corrected chi connectivity index (χ1v) is 14.0. The predicted molar refractivity (Wildman–Crippen MR) is 168 cm³/mol. The topological polar surface area (TPSA) is 49.0 Å². The Bertz CT molecular complexity index is 1640. The smallest absolute Gasteiger partial charge is 0.118 e. The molecular formula is C36H32N4O2. The Balaban J connectivity index is 1.47. The molecule has 4 aromatic rings. The van der Waals surface area contributed by atoms with Crippen molar-refractivity contribution in [1.29, 1.82) is 0 Å². The number of nitrogens with one attached hydrogen (secondary N) is 2. The van der Waals surface area contributed by atoms with Gasteiger partial charge in [0.1, 0.15) is 11.5 Å². The third-order valence-corrected chi connectivity index (χ3v) is 7.98. The summed E-state index contributed by atoms with van der Waals surface area (Å²) in [7, 11) is 3.39. The summed E-state index contributed by atoms with van der Waals surface area (Å²) in [4.78, 5) is 0.